The minimum absolute atomic E-state index is 0.263. The molecule has 16 heavy (non-hydrogen) atoms. The van der Waals surface area contributed by atoms with Gasteiger partial charge in [0.15, 0.2) is 0 Å². The fourth-order valence-electron chi connectivity index (χ4n) is 3.00. The van der Waals surface area contributed by atoms with Crippen LogP contribution in [0.25, 0.3) is 0 Å². The maximum Gasteiger partial charge on any atom is 0.0434 e. The van der Waals surface area contributed by atoms with Gasteiger partial charge >= 0.3 is 0 Å². The van der Waals surface area contributed by atoms with Crippen molar-refractivity contribution in [1.29, 1.82) is 0 Å². The lowest BCUT2D eigenvalue weighted by molar-refractivity contribution is 0.238. The van der Waals surface area contributed by atoms with Crippen molar-refractivity contribution < 1.29 is 0 Å². The van der Waals surface area contributed by atoms with Crippen LogP contribution in [0.1, 0.15) is 50.2 Å². The van der Waals surface area contributed by atoms with Gasteiger partial charge in [-0.2, -0.15) is 0 Å². The highest BCUT2D eigenvalue weighted by Crippen LogP contribution is 2.37. The molecule has 0 aromatic heterocycles. The molecule has 1 N–H and O–H groups in total. The van der Waals surface area contributed by atoms with Crippen molar-refractivity contribution in [2.24, 2.45) is 0 Å². The molecule has 2 rings (SSSR count). The number of nitrogens with one attached hydrogen (secondary N) is 1. The SMILES string of the molecule is CCNC1(c2cccc(C)c2)CCCCC1. The van der Waals surface area contributed by atoms with Gasteiger partial charge in [0.05, 0.1) is 0 Å². The average Bonchev–Trinajstić information content (AvgIpc) is 2.31. The zero-order valence-electron chi connectivity index (χ0n) is 10.6. The Bertz CT molecular complexity index is 332. The molecular formula is C15H23N. The van der Waals surface area contributed by atoms with Crippen LogP contribution < -0.4 is 5.32 Å². The van der Waals surface area contributed by atoms with Crippen LogP contribution in [0.4, 0.5) is 0 Å². The summed E-state index contributed by atoms with van der Waals surface area (Å²) >= 11 is 0. The highest BCUT2D eigenvalue weighted by Gasteiger charge is 2.32. The Kier molecular flexibility index (Phi) is 3.65. The predicted molar refractivity (Wildman–Crippen MR) is 69.6 cm³/mol. The quantitative estimate of drug-likeness (QED) is 0.812. The first kappa shape index (κ1) is 11.7. The zero-order chi connectivity index (χ0) is 11.4. The number of aryl methyl sites for hydroxylation is 1. The summed E-state index contributed by atoms with van der Waals surface area (Å²) in [6, 6.07) is 9.03. The normalized spacial score (nSPS) is 19.6. The first-order valence-corrected chi connectivity index (χ1v) is 6.59. The largest absolute Gasteiger partial charge is 0.308 e. The van der Waals surface area contributed by atoms with E-state index in [2.05, 4.69) is 43.4 Å². The highest BCUT2D eigenvalue weighted by molar-refractivity contribution is 5.29. The molecule has 1 heteroatoms. The average molecular weight is 217 g/mol. The summed E-state index contributed by atoms with van der Waals surface area (Å²) in [4.78, 5) is 0. The fourth-order valence-corrected chi connectivity index (χ4v) is 3.00. The molecule has 0 amide bonds. The molecule has 1 aliphatic rings. The maximum atomic E-state index is 3.74. The molecule has 0 aliphatic heterocycles. The van der Waals surface area contributed by atoms with Gasteiger partial charge in [0.2, 0.25) is 0 Å². The van der Waals surface area contributed by atoms with Crippen molar-refractivity contribution in [1.82, 2.24) is 5.32 Å². The summed E-state index contributed by atoms with van der Waals surface area (Å²) in [6.45, 7) is 5.46. The summed E-state index contributed by atoms with van der Waals surface area (Å²) in [5.41, 5.74) is 3.13. The standard InChI is InChI=1S/C15H23N/c1-3-16-15(10-5-4-6-11-15)14-9-7-8-13(2)12-14/h7-9,12,16H,3-6,10-11H2,1-2H3. The molecule has 1 aliphatic carbocycles. The monoisotopic (exact) mass is 217 g/mol. The Balaban J connectivity index is 2.30. The van der Waals surface area contributed by atoms with E-state index in [1.807, 2.05) is 0 Å². The van der Waals surface area contributed by atoms with E-state index in [1.165, 1.54) is 43.2 Å². The molecule has 0 atom stereocenters. The van der Waals surface area contributed by atoms with Crippen LogP contribution in [0.15, 0.2) is 24.3 Å². The smallest absolute Gasteiger partial charge is 0.0434 e. The summed E-state index contributed by atoms with van der Waals surface area (Å²) in [5, 5.41) is 3.74. The molecule has 0 spiro atoms. The van der Waals surface area contributed by atoms with Gasteiger partial charge in [-0.25, -0.2) is 0 Å². The van der Waals surface area contributed by atoms with Gasteiger partial charge in [0, 0.05) is 5.54 Å². The number of hydrogen-bond donors (Lipinski definition) is 1. The molecule has 0 bridgehead atoms. The summed E-state index contributed by atoms with van der Waals surface area (Å²) in [7, 11) is 0. The first-order chi connectivity index (χ1) is 7.77. The summed E-state index contributed by atoms with van der Waals surface area (Å²) in [6.07, 6.45) is 6.72. The summed E-state index contributed by atoms with van der Waals surface area (Å²) < 4.78 is 0. The topological polar surface area (TPSA) is 12.0 Å². The molecule has 1 nitrogen and oxygen atoms in total. The second-order valence-corrected chi connectivity index (χ2v) is 5.04. The lowest BCUT2D eigenvalue weighted by Crippen LogP contribution is -2.43. The van der Waals surface area contributed by atoms with Crippen molar-refractivity contribution >= 4 is 0 Å². The van der Waals surface area contributed by atoms with E-state index in [0.29, 0.717) is 0 Å². The Labute approximate surface area is 99.3 Å². The van der Waals surface area contributed by atoms with Gasteiger partial charge in [0.1, 0.15) is 0 Å². The van der Waals surface area contributed by atoms with Crippen LogP contribution in [0, 0.1) is 6.92 Å². The lowest BCUT2D eigenvalue weighted by Gasteiger charge is -2.39. The highest BCUT2D eigenvalue weighted by atomic mass is 15.0. The molecule has 1 aromatic carbocycles. The van der Waals surface area contributed by atoms with Crippen molar-refractivity contribution in [3.63, 3.8) is 0 Å². The molecule has 0 radical (unpaired) electrons. The van der Waals surface area contributed by atoms with Crippen LogP contribution in [-0.4, -0.2) is 6.54 Å². The Morgan fingerprint density at radius 2 is 1.94 bits per heavy atom. The van der Waals surface area contributed by atoms with E-state index in [-0.39, 0.29) is 5.54 Å². The van der Waals surface area contributed by atoms with Crippen molar-refractivity contribution in [3.05, 3.63) is 35.4 Å². The van der Waals surface area contributed by atoms with E-state index < -0.39 is 0 Å². The van der Waals surface area contributed by atoms with Crippen molar-refractivity contribution in [2.45, 2.75) is 51.5 Å². The third-order valence-corrected chi connectivity index (χ3v) is 3.79. The zero-order valence-corrected chi connectivity index (χ0v) is 10.6. The first-order valence-electron chi connectivity index (χ1n) is 6.59. The van der Waals surface area contributed by atoms with Gasteiger partial charge in [-0.1, -0.05) is 56.0 Å². The van der Waals surface area contributed by atoms with Crippen LogP contribution in [0.2, 0.25) is 0 Å². The third-order valence-electron chi connectivity index (χ3n) is 3.79. The Morgan fingerprint density at radius 3 is 2.56 bits per heavy atom. The minimum Gasteiger partial charge on any atom is -0.308 e. The Hall–Kier alpha value is -0.820. The second kappa shape index (κ2) is 5.01. The van der Waals surface area contributed by atoms with Crippen LogP contribution in [0.5, 0.6) is 0 Å². The van der Waals surface area contributed by atoms with Gasteiger partial charge in [-0.3, -0.25) is 0 Å². The molecule has 0 saturated heterocycles. The van der Waals surface area contributed by atoms with E-state index >= 15 is 0 Å². The Morgan fingerprint density at radius 1 is 1.19 bits per heavy atom. The number of benzene rings is 1. The number of hydrogen-bond acceptors (Lipinski definition) is 1. The molecule has 1 saturated carbocycles. The van der Waals surface area contributed by atoms with Gasteiger partial charge in [-0.15, -0.1) is 0 Å². The third kappa shape index (κ3) is 2.30. The van der Waals surface area contributed by atoms with Crippen LogP contribution in [-0.2, 0) is 5.54 Å². The van der Waals surface area contributed by atoms with Crippen molar-refractivity contribution in [2.75, 3.05) is 6.54 Å². The van der Waals surface area contributed by atoms with Gasteiger partial charge < -0.3 is 5.32 Å². The molecule has 0 heterocycles. The fraction of sp³-hybridized carbons (Fsp3) is 0.600. The van der Waals surface area contributed by atoms with E-state index in [4.69, 9.17) is 0 Å². The van der Waals surface area contributed by atoms with Crippen molar-refractivity contribution in [3.8, 4) is 0 Å². The van der Waals surface area contributed by atoms with Crippen LogP contribution in [0.3, 0.4) is 0 Å². The van der Waals surface area contributed by atoms with Crippen LogP contribution >= 0.6 is 0 Å². The molecule has 0 unspecified atom stereocenters. The van der Waals surface area contributed by atoms with E-state index in [1.54, 1.807) is 0 Å². The molecule has 1 aromatic rings. The maximum absolute atomic E-state index is 3.74. The predicted octanol–water partition coefficient (Wildman–Crippen LogP) is 3.76. The van der Waals surface area contributed by atoms with Gasteiger partial charge in [0.25, 0.3) is 0 Å². The van der Waals surface area contributed by atoms with E-state index in [9.17, 15) is 0 Å². The van der Waals surface area contributed by atoms with Gasteiger partial charge in [-0.05, 0) is 31.9 Å². The minimum atomic E-state index is 0.263. The summed E-state index contributed by atoms with van der Waals surface area (Å²) in [5.74, 6) is 0. The van der Waals surface area contributed by atoms with E-state index in [0.717, 1.165) is 6.54 Å². The lowest BCUT2D eigenvalue weighted by atomic mass is 9.76. The molecule has 88 valence electrons. The second-order valence-electron chi connectivity index (χ2n) is 5.04. The molecular weight excluding hydrogens is 194 g/mol. The molecule has 1 fully saturated rings. The number of rotatable bonds is 3.